The van der Waals surface area contributed by atoms with Gasteiger partial charge in [0.1, 0.15) is 17.4 Å². The van der Waals surface area contributed by atoms with E-state index < -0.39 is 0 Å². The van der Waals surface area contributed by atoms with Gasteiger partial charge in [0.05, 0.1) is 0 Å². The second-order valence-electron chi connectivity index (χ2n) is 5.04. The molecule has 0 radical (unpaired) electrons. The van der Waals surface area contributed by atoms with Crippen molar-refractivity contribution in [3.05, 3.63) is 77.9 Å². The summed E-state index contributed by atoms with van der Waals surface area (Å²) in [7, 11) is 0. The molecule has 1 N–H and O–H groups in total. The third-order valence-electron chi connectivity index (χ3n) is 3.21. The van der Waals surface area contributed by atoms with Crippen LogP contribution in [0.2, 0.25) is 0 Å². The van der Waals surface area contributed by atoms with Crippen LogP contribution in [0, 0.1) is 12.7 Å². The van der Waals surface area contributed by atoms with E-state index in [9.17, 15) is 4.39 Å². The Bertz CT molecular complexity index is 808. The van der Waals surface area contributed by atoms with Crippen LogP contribution in [0.25, 0.3) is 0 Å². The van der Waals surface area contributed by atoms with E-state index in [2.05, 4.69) is 15.3 Å². The first kappa shape index (κ1) is 15.0. The first-order valence-corrected chi connectivity index (χ1v) is 7.25. The van der Waals surface area contributed by atoms with Crippen LogP contribution in [0.1, 0.15) is 11.3 Å². The van der Waals surface area contributed by atoms with Crippen LogP contribution in [-0.2, 0) is 6.54 Å². The van der Waals surface area contributed by atoms with Crippen molar-refractivity contribution < 1.29 is 9.13 Å². The minimum atomic E-state index is -0.345. The van der Waals surface area contributed by atoms with Gasteiger partial charge in [-0.15, -0.1) is 0 Å². The highest BCUT2D eigenvalue weighted by Crippen LogP contribution is 2.24. The lowest BCUT2D eigenvalue weighted by Gasteiger charge is -2.11. The van der Waals surface area contributed by atoms with Crippen molar-refractivity contribution >= 4 is 5.82 Å². The number of nitrogens with one attached hydrogen (secondary N) is 1. The van der Waals surface area contributed by atoms with Gasteiger partial charge in [0.15, 0.2) is 0 Å². The van der Waals surface area contributed by atoms with Gasteiger partial charge in [0.25, 0.3) is 0 Å². The Morgan fingerprint density at radius 1 is 1.09 bits per heavy atom. The van der Waals surface area contributed by atoms with E-state index in [1.54, 1.807) is 18.3 Å². The van der Waals surface area contributed by atoms with E-state index >= 15 is 0 Å². The molecule has 116 valence electrons. The number of halogens is 1. The highest BCUT2D eigenvalue weighted by atomic mass is 19.1. The Morgan fingerprint density at radius 3 is 2.78 bits per heavy atom. The summed E-state index contributed by atoms with van der Waals surface area (Å²) < 4.78 is 18.9. The highest BCUT2D eigenvalue weighted by molar-refractivity contribution is 5.39. The zero-order valence-corrected chi connectivity index (χ0v) is 12.7. The Labute approximate surface area is 134 Å². The second kappa shape index (κ2) is 6.87. The predicted octanol–water partition coefficient (Wildman–Crippen LogP) is 4.33. The van der Waals surface area contributed by atoms with Gasteiger partial charge >= 0.3 is 0 Å². The summed E-state index contributed by atoms with van der Waals surface area (Å²) in [5.74, 6) is 1.30. The smallest absolute Gasteiger partial charge is 0.224 e. The van der Waals surface area contributed by atoms with Crippen LogP contribution in [0.4, 0.5) is 10.2 Å². The molecule has 0 aliphatic heterocycles. The van der Waals surface area contributed by atoms with Gasteiger partial charge in [-0.2, -0.15) is 0 Å². The lowest BCUT2D eigenvalue weighted by Crippen LogP contribution is -2.04. The monoisotopic (exact) mass is 309 g/mol. The Balaban J connectivity index is 1.75. The minimum absolute atomic E-state index is 0.345. The molecule has 23 heavy (non-hydrogen) atoms. The molecule has 0 saturated heterocycles. The molecule has 0 amide bonds. The number of hydrogen-bond acceptors (Lipinski definition) is 4. The number of anilines is 1. The van der Waals surface area contributed by atoms with Crippen molar-refractivity contribution in [1.82, 2.24) is 9.97 Å². The summed E-state index contributed by atoms with van der Waals surface area (Å²) in [5, 5.41) is 3.23. The summed E-state index contributed by atoms with van der Waals surface area (Å²) in [6.07, 6.45) is 1.64. The summed E-state index contributed by atoms with van der Waals surface area (Å²) in [4.78, 5) is 8.62. The molecular weight excluding hydrogens is 293 g/mol. The van der Waals surface area contributed by atoms with Crippen molar-refractivity contribution in [2.24, 2.45) is 0 Å². The highest BCUT2D eigenvalue weighted by Gasteiger charge is 2.07. The molecule has 0 aliphatic carbocycles. The number of rotatable bonds is 5. The van der Waals surface area contributed by atoms with Crippen molar-refractivity contribution in [2.45, 2.75) is 13.5 Å². The Morgan fingerprint density at radius 2 is 1.96 bits per heavy atom. The lowest BCUT2D eigenvalue weighted by molar-refractivity contribution is 0.452. The normalized spacial score (nSPS) is 10.3. The molecule has 3 aromatic rings. The summed E-state index contributed by atoms with van der Waals surface area (Å²) >= 11 is 0. The standard InChI is InChI=1S/C18H16FN3O/c1-13-5-2-9-17(22-13)21-12-14-6-4-10-20-18(14)23-16-8-3-7-15(19)11-16/h2-11H,12H2,1H3,(H,21,22). The van der Waals surface area contributed by atoms with Crippen LogP contribution in [0.15, 0.2) is 60.8 Å². The molecule has 0 spiro atoms. The van der Waals surface area contributed by atoms with Crippen molar-refractivity contribution in [3.63, 3.8) is 0 Å². The summed E-state index contributed by atoms with van der Waals surface area (Å²) in [5.41, 5.74) is 1.80. The van der Waals surface area contributed by atoms with Gasteiger partial charge in [-0.3, -0.25) is 0 Å². The molecule has 1 aromatic carbocycles. The molecule has 0 aliphatic rings. The van der Waals surface area contributed by atoms with Gasteiger partial charge in [-0.05, 0) is 37.3 Å². The Hall–Kier alpha value is -2.95. The Kier molecular flexibility index (Phi) is 4.47. The number of ether oxygens (including phenoxy) is 1. The second-order valence-corrected chi connectivity index (χ2v) is 5.04. The lowest BCUT2D eigenvalue weighted by atomic mass is 10.2. The van der Waals surface area contributed by atoms with Crippen LogP contribution in [0.5, 0.6) is 11.6 Å². The maximum Gasteiger partial charge on any atom is 0.224 e. The fourth-order valence-corrected chi connectivity index (χ4v) is 2.12. The van der Waals surface area contributed by atoms with E-state index in [1.165, 1.54) is 12.1 Å². The third kappa shape index (κ3) is 4.03. The summed E-state index contributed by atoms with van der Waals surface area (Å²) in [6.45, 7) is 2.45. The number of benzene rings is 1. The van der Waals surface area contributed by atoms with Gasteiger partial charge in [-0.1, -0.05) is 18.2 Å². The van der Waals surface area contributed by atoms with Crippen LogP contribution in [0.3, 0.4) is 0 Å². The fraction of sp³-hybridized carbons (Fsp3) is 0.111. The maximum absolute atomic E-state index is 13.3. The molecule has 0 bridgehead atoms. The molecule has 5 heteroatoms. The third-order valence-corrected chi connectivity index (χ3v) is 3.21. The average Bonchev–Trinajstić information content (AvgIpc) is 2.54. The van der Waals surface area contributed by atoms with E-state index in [-0.39, 0.29) is 5.82 Å². The maximum atomic E-state index is 13.3. The van der Waals surface area contributed by atoms with E-state index in [1.807, 2.05) is 37.3 Å². The van der Waals surface area contributed by atoms with E-state index in [0.29, 0.717) is 18.2 Å². The zero-order valence-electron chi connectivity index (χ0n) is 12.7. The SMILES string of the molecule is Cc1cccc(NCc2cccnc2Oc2cccc(F)c2)n1. The predicted molar refractivity (Wildman–Crippen MR) is 87.0 cm³/mol. The van der Waals surface area contributed by atoms with E-state index in [0.717, 1.165) is 17.1 Å². The first-order valence-electron chi connectivity index (χ1n) is 7.25. The first-order chi connectivity index (χ1) is 11.2. The molecule has 3 rings (SSSR count). The number of pyridine rings is 2. The molecule has 0 atom stereocenters. The quantitative estimate of drug-likeness (QED) is 0.762. The van der Waals surface area contributed by atoms with Crippen LogP contribution >= 0.6 is 0 Å². The topological polar surface area (TPSA) is 47.0 Å². The molecular formula is C18H16FN3O. The van der Waals surface area contributed by atoms with Crippen LogP contribution < -0.4 is 10.1 Å². The van der Waals surface area contributed by atoms with Gasteiger partial charge in [0, 0.05) is 30.1 Å². The fourth-order valence-electron chi connectivity index (χ4n) is 2.12. The number of aromatic nitrogens is 2. The van der Waals surface area contributed by atoms with Gasteiger partial charge in [-0.25, -0.2) is 14.4 Å². The van der Waals surface area contributed by atoms with E-state index in [4.69, 9.17) is 4.74 Å². The van der Waals surface area contributed by atoms with Crippen LogP contribution in [-0.4, -0.2) is 9.97 Å². The molecule has 0 saturated carbocycles. The largest absolute Gasteiger partial charge is 0.439 e. The number of nitrogens with zero attached hydrogens (tertiary/aromatic N) is 2. The molecule has 4 nitrogen and oxygen atoms in total. The average molecular weight is 309 g/mol. The van der Waals surface area contributed by atoms with Crippen molar-refractivity contribution in [1.29, 1.82) is 0 Å². The molecule has 0 unspecified atom stereocenters. The number of aryl methyl sites for hydroxylation is 1. The molecule has 2 heterocycles. The summed E-state index contributed by atoms with van der Waals surface area (Å²) in [6, 6.07) is 15.5. The van der Waals surface area contributed by atoms with Gasteiger partial charge in [0.2, 0.25) is 5.88 Å². The molecule has 2 aromatic heterocycles. The van der Waals surface area contributed by atoms with Crippen molar-refractivity contribution in [2.75, 3.05) is 5.32 Å². The zero-order chi connectivity index (χ0) is 16.1. The van der Waals surface area contributed by atoms with Gasteiger partial charge < -0.3 is 10.1 Å². The van der Waals surface area contributed by atoms with Crippen molar-refractivity contribution in [3.8, 4) is 11.6 Å². The minimum Gasteiger partial charge on any atom is -0.439 e. The molecule has 0 fully saturated rings. The number of hydrogen-bond donors (Lipinski definition) is 1.